The minimum atomic E-state index is -0.141. The molecular weight excluding hydrogens is 294 g/mol. The molecule has 124 valence electrons. The lowest BCUT2D eigenvalue weighted by atomic mass is 9.99. The number of hydrogen-bond acceptors (Lipinski definition) is 3. The first-order valence-electron chi connectivity index (χ1n) is 8.23. The molecule has 6 heteroatoms. The van der Waals surface area contributed by atoms with Gasteiger partial charge >= 0.3 is 6.03 Å². The van der Waals surface area contributed by atoms with E-state index >= 15 is 0 Å². The second kappa shape index (κ2) is 7.00. The van der Waals surface area contributed by atoms with E-state index in [0.717, 1.165) is 37.9 Å². The van der Waals surface area contributed by atoms with Crippen LogP contribution in [0.2, 0.25) is 0 Å². The number of aliphatic hydroxyl groups excluding tert-OH is 1. The molecule has 0 aromatic heterocycles. The number of amides is 3. The van der Waals surface area contributed by atoms with E-state index in [-0.39, 0.29) is 30.4 Å². The SMILES string of the molecule is O=C(Nc1ccc(NC(=O)N2CCCC(CO)C2)cc1)C1CC1. The highest BCUT2D eigenvalue weighted by Gasteiger charge is 2.29. The van der Waals surface area contributed by atoms with Crippen LogP contribution in [0.3, 0.4) is 0 Å². The molecule has 3 N–H and O–H groups in total. The van der Waals surface area contributed by atoms with Gasteiger partial charge in [-0.3, -0.25) is 4.79 Å². The number of rotatable bonds is 4. The van der Waals surface area contributed by atoms with E-state index in [1.54, 1.807) is 29.2 Å². The van der Waals surface area contributed by atoms with Gasteiger partial charge in [0, 0.05) is 37.0 Å². The van der Waals surface area contributed by atoms with Crippen molar-refractivity contribution < 1.29 is 14.7 Å². The van der Waals surface area contributed by atoms with Gasteiger partial charge in [-0.1, -0.05) is 0 Å². The Bertz CT molecular complexity index is 569. The predicted octanol–water partition coefficient (Wildman–Crippen LogP) is 2.27. The molecule has 0 bridgehead atoms. The largest absolute Gasteiger partial charge is 0.396 e. The minimum absolute atomic E-state index is 0.0742. The molecule has 23 heavy (non-hydrogen) atoms. The number of nitrogens with zero attached hydrogens (tertiary/aromatic N) is 1. The van der Waals surface area contributed by atoms with Crippen LogP contribution in [-0.2, 0) is 4.79 Å². The predicted molar refractivity (Wildman–Crippen MR) is 88.2 cm³/mol. The summed E-state index contributed by atoms with van der Waals surface area (Å²) in [7, 11) is 0. The fourth-order valence-electron chi connectivity index (χ4n) is 2.83. The van der Waals surface area contributed by atoms with Crippen molar-refractivity contribution in [1.82, 2.24) is 4.90 Å². The summed E-state index contributed by atoms with van der Waals surface area (Å²) in [4.78, 5) is 25.7. The van der Waals surface area contributed by atoms with E-state index in [1.165, 1.54) is 0 Å². The van der Waals surface area contributed by atoms with Crippen molar-refractivity contribution in [2.24, 2.45) is 11.8 Å². The van der Waals surface area contributed by atoms with Crippen LogP contribution in [-0.4, -0.2) is 41.6 Å². The normalized spacial score (nSPS) is 20.9. The Morgan fingerprint density at radius 1 is 1.09 bits per heavy atom. The standard InChI is InChI=1S/C17H23N3O3/c21-11-12-2-1-9-20(10-12)17(23)19-15-7-5-14(6-8-15)18-16(22)13-3-4-13/h5-8,12-13,21H,1-4,9-11H2,(H,18,22)(H,19,23). The average Bonchev–Trinajstić information content (AvgIpc) is 3.41. The molecule has 1 saturated carbocycles. The van der Waals surface area contributed by atoms with Crippen LogP contribution < -0.4 is 10.6 Å². The number of piperidine rings is 1. The number of hydrogen-bond donors (Lipinski definition) is 3. The summed E-state index contributed by atoms with van der Waals surface area (Å²) >= 11 is 0. The van der Waals surface area contributed by atoms with Gasteiger partial charge in [0.1, 0.15) is 0 Å². The summed E-state index contributed by atoms with van der Waals surface area (Å²) in [5.41, 5.74) is 1.45. The molecule has 1 unspecified atom stereocenters. The number of benzene rings is 1. The monoisotopic (exact) mass is 317 g/mol. The van der Waals surface area contributed by atoms with E-state index in [0.29, 0.717) is 12.2 Å². The first kappa shape index (κ1) is 15.8. The number of carbonyl (C=O) groups is 2. The van der Waals surface area contributed by atoms with Gasteiger partial charge in [-0.05, 0) is 55.9 Å². The zero-order valence-corrected chi connectivity index (χ0v) is 13.1. The third kappa shape index (κ3) is 4.22. The van der Waals surface area contributed by atoms with Crippen molar-refractivity contribution in [2.45, 2.75) is 25.7 Å². The van der Waals surface area contributed by atoms with E-state index in [1.807, 2.05) is 0 Å². The third-order valence-electron chi connectivity index (χ3n) is 4.42. The van der Waals surface area contributed by atoms with Crippen LogP contribution in [0.4, 0.5) is 16.2 Å². The van der Waals surface area contributed by atoms with Gasteiger partial charge in [-0.25, -0.2) is 4.79 Å². The maximum Gasteiger partial charge on any atom is 0.321 e. The number of carbonyl (C=O) groups excluding carboxylic acids is 2. The molecule has 2 aliphatic rings. The van der Waals surface area contributed by atoms with Crippen molar-refractivity contribution >= 4 is 23.3 Å². The number of urea groups is 1. The van der Waals surface area contributed by atoms with Crippen molar-refractivity contribution in [3.63, 3.8) is 0 Å². The average molecular weight is 317 g/mol. The van der Waals surface area contributed by atoms with Crippen LogP contribution in [0.5, 0.6) is 0 Å². The van der Waals surface area contributed by atoms with Crippen LogP contribution in [0.15, 0.2) is 24.3 Å². The summed E-state index contributed by atoms with van der Waals surface area (Å²) < 4.78 is 0. The van der Waals surface area contributed by atoms with Crippen LogP contribution in [0.25, 0.3) is 0 Å². The molecule has 1 aliphatic heterocycles. The van der Waals surface area contributed by atoms with E-state index in [9.17, 15) is 14.7 Å². The zero-order chi connectivity index (χ0) is 16.2. The van der Waals surface area contributed by atoms with Crippen molar-refractivity contribution in [1.29, 1.82) is 0 Å². The fourth-order valence-corrected chi connectivity index (χ4v) is 2.83. The summed E-state index contributed by atoms with van der Waals surface area (Å²) in [5.74, 6) is 0.424. The molecular formula is C17H23N3O3. The van der Waals surface area contributed by atoms with Crippen molar-refractivity contribution in [3.05, 3.63) is 24.3 Å². The molecule has 3 rings (SSSR count). The summed E-state index contributed by atoms with van der Waals surface area (Å²) in [6, 6.07) is 7.02. The lowest BCUT2D eigenvalue weighted by Crippen LogP contribution is -2.43. The molecule has 3 amide bonds. The molecule has 0 spiro atoms. The van der Waals surface area contributed by atoms with E-state index in [2.05, 4.69) is 10.6 Å². The summed E-state index contributed by atoms with van der Waals surface area (Å²) in [5, 5.41) is 15.0. The smallest absolute Gasteiger partial charge is 0.321 e. The van der Waals surface area contributed by atoms with Gasteiger partial charge in [-0.2, -0.15) is 0 Å². The second-order valence-electron chi connectivity index (χ2n) is 6.41. The lowest BCUT2D eigenvalue weighted by Gasteiger charge is -2.31. The third-order valence-corrected chi connectivity index (χ3v) is 4.42. The van der Waals surface area contributed by atoms with E-state index in [4.69, 9.17) is 0 Å². The Kier molecular flexibility index (Phi) is 4.81. The van der Waals surface area contributed by atoms with Gasteiger partial charge in [0.25, 0.3) is 0 Å². The maximum absolute atomic E-state index is 12.3. The van der Waals surface area contributed by atoms with Crippen molar-refractivity contribution in [2.75, 3.05) is 30.3 Å². The fraction of sp³-hybridized carbons (Fsp3) is 0.529. The number of nitrogens with one attached hydrogen (secondary N) is 2. The van der Waals surface area contributed by atoms with Crippen molar-refractivity contribution in [3.8, 4) is 0 Å². The first-order chi connectivity index (χ1) is 11.2. The molecule has 1 aromatic carbocycles. The molecule has 1 heterocycles. The molecule has 2 fully saturated rings. The van der Waals surface area contributed by atoms with Gasteiger partial charge < -0.3 is 20.6 Å². The zero-order valence-electron chi connectivity index (χ0n) is 13.1. The van der Waals surface area contributed by atoms with Crippen LogP contribution in [0, 0.1) is 11.8 Å². The molecule has 0 radical (unpaired) electrons. The molecule has 1 saturated heterocycles. The Morgan fingerprint density at radius 2 is 1.74 bits per heavy atom. The van der Waals surface area contributed by atoms with Gasteiger partial charge in [0.15, 0.2) is 0 Å². The molecule has 1 aromatic rings. The highest BCUT2D eigenvalue weighted by atomic mass is 16.3. The minimum Gasteiger partial charge on any atom is -0.396 e. The summed E-state index contributed by atoms with van der Waals surface area (Å²) in [6.07, 6.45) is 3.84. The van der Waals surface area contributed by atoms with E-state index < -0.39 is 0 Å². The second-order valence-corrected chi connectivity index (χ2v) is 6.41. The van der Waals surface area contributed by atoms with Crippen LogP contribution >= 0.6 is 0 Å². The topological polar surface area (TPSA) is 81.7 Å². The highest BCUT2D eigenvalue weighted by molar-refractivity contribution is 5.94. The Balaban J connectivity index is 1.52. The first-order valence-corrected chi connectivity index (χ1v) is 8.23. The Morgan fingerprint density at radius 3 is 2.35 bits per heavy atom. The molecule has 1 aliphatic carbocycles. The molecule has 1 atom stereocenters. The van der Waals surface area contributed by atoms with Gasteiger partial charge in [0.05, 0.1) is 0 Å². The maximum atomic E-state index is 12.3. The molecule has 6 nitrogen and oxygen atoms in total. The van der Waals surface area contributed by atoms with Gasteiger partial charge in [-0.15, -0.1) is 0 Å². The number of likely N-dealkylation sites (tertiary alicyclic amines) is 1. The van der Waals surface area contributed by atoms with Gasteiger partial charge in [0.2, 0.25) is 5.91 Å². The quantitative estimate of drug-likeness (QED) is 0.797. The number of aliphatic hydroxyl groups is 1. The summed E-state index contributed by atoms with van der Waals surface area (Å²) in [6.45, 7) is 1.44. The Labute approximate surface area is 135 Å². The number of anilines is 2. The highest BCUT2D eigenvalue weighted by Crippen LogP contribution is 2.30. The lowest BCUT2D eigenvalue weighted by molar-refractivity contribution is -0.117. The Hall–Kier alpha value is -2.08. The van der Waals surface area contributed by atoms with Crippen LogP contribution in [0.1, 0.15) is 25.7 Å².